The molecule has 0 spiro atoms. The Kier molecular flexibility index (Phi) is 10.5. The molecule has 0 atom stereocenters. The topological polar surface area (TPSA) is 36.4 Å². The second-order valence-corrected chi connectivity index (χ2v) is 5.08. The zero-order chi connectivity index (χ0) is 12.5. The largest absolute Gasteiger partial charge is 0.357 e. The normalized spacial score (nSPS) is 15.9. The van der Waals surface area contributed by atoms with Gasteiger partial charge in [-0.2, -0.15) is 0 Å². The highest BCUT2D eigenvalue weighted by Crippen LogP contribution is 2.08. The summed E-state index contributed by atoms with van der Waals surface area (Å²) in [5.41, 5.74) is 0. The van der Waals surface area contributed by atoms with Crippen molar-refractivity contribution < 1.29 is 0 Å². The molecule has 1 rings (SSSR count). The van der Waals surface area contributed by atoms with E-state index in [0.717, 1.165) is 37.8 Å². The zero-order valence-electron chi connectivity index (χ0n) is 11.9. The van der Waals surface area contributed by atoms with E-state index in [4.69, 9.17) is 0 Å². The van der Waals surface area contributed by atoms with Gasteiger partial charge in [-0.1, -0.05) is 26.0 Å². The molecule has 0 bridgehead atoms. The summed E-state index contributed by atoms with van der Waals surface area (Å²) < 4.78 is 0. The van der Waals surface area contributed by atoms with Gasteiger partial charge in [0.2, 0.25) is 0 Å². The Morgan fingerprint density at radius 2 is 2.00 bits per heavy atom. The van der Waals surface area contributed by atoms with Crippen LogP contribution in [0.4, 0.5) is 0 Å². The maximum Gasteiger partial charge on any atom is 0.191 e. The van der Waals surface area contributed by atoms with E-state index in [1.807, 2.05) is 0 Å². The molecule has 18 heavy (non-hydrogen) atoms. The summed E-state index contributed by atoms with van der Waals surface area (Å²) in [7, 11) is 0. The number of rotatable bonds is 6. The Hall–Kier alpha value is -0.260. The van der Waals surface area contributed by atoms with Gasteiger partial charge in [-0.3, -0.25) is 4.99 Å². The highest BCUT2D eigenvalue weighted by molar-refractivity contribution is 14.0. The molecule has 0 radical (unpaired) electrons. The van der Waals surface area contributed by atoms with Crippen molar-refractivity contribution in [3.05, 3.63) is 12.2 Å². The van der Waals surface area contributed by atoms with E-state index in [1.165, 1.54) is 12.8 Å². The van der Waals surface area contributed by atoms with E-state index in [-0.39, 0.29) is 24.0 Å². The lowest BCUT2D eigenvalue weighted by Gasteiger charge is -2.16. The Morgan fingerprint density at radius 1 is 1.33 bits per heavy atom. The molecule has 0 heterocycles. The summed E-state index contributed by atoms with van der Waals surface area (Å²) in [6.07, 6.45) is 9.15. The van der Waals surface area contributed by atoms with Crippen molar-refractivity contribution in [2.45, 2.75) is 52.5 Å². The highest BCUT2D eigenvalue weighted by atomic mass is 127. The van der Waals surface area contributed by atoms with E-state index in [9.17, 15) is 0 Å². The predicted molar refractivity (Wildman–Crippen MR) is 90.8 cm³/mol. The summed E-state index contributed by atoms with van der Waals surface area (Å²) in [4.78, 5) is 4.62. The smallest absolute Gasteiger partial charge is 0.191 e. The summed E-state index contributed by atoms with van der Waals surface area (Å²) in [6.45, 7) is 8.48. The van der Waals surface area contributed by atoms with Gasteiger partial charge in [-0.15, -0.1) is 24.0 Å². The van der Waals surface area contributed by atoms with Crippen LogP contribution in [-0.2, 0) is 0 Å². The molecular weight excluding hydrogens is 337 g/mol. The van der Waals surface area contributed by atoms with Gasteiger partial charge in [0.05, 0.1) is 0 Å². The Labute approximate surface area is 129 Å². The molecule has 0 amide bonds. The van der Waals surface area contributed by atoms with E-state index in [1.54, 1.807) is 0 Å². The summed E-state index contributed by atoms with van der Waals surface area (Å²) in [6, 6.07) is 0.540. The van der Waals surface area contributed by atoms with Crippen molar-refractivity contribution in [1.82, 2.24) is 10.6 Å². The third-order valence-corrected chi connectivity index (χ3v) is 2.90. The van der Waals surface area contributed by atoms with Gasteiger partial charge in [-0.25, -0.2) is 0 Å². The van der Waals surface area contributed by atoms with Crippen molar-refractivity contribution in [2.24, 2.45) is 10.9 Å². The lowest BCUT2D eigenvalue weighted by Crippen LogP contribution is -2.42. The molecule has 0 aliphatic heterocycles. The van der Waals surface area contributed by atoms with Gasteiger partial charge < -0.3 is 10.6 Å². The maximum atomic E-state index is 4.62. The van der Waals surface area contributed by atoms with Gasteiger partial charge in [0.15, 0.2) is 5.96 Å². The first-order valence-corrected chi connectivity index (χ1v) is 6.92. The molecule has 0 aromatic heterocycles. The summed E-state index contributed by atoms with van der Waals surface area (Å²) >= 11 is 0. The quantitative estimate of drug-likeness (QED) is 0.249. The minimum absolute atomic E-state index is 0. The molecule has 0 unspecified atom stereocenters. The van der Waals surface area contributed by atoms with Crippen LogP contribution in [0.25, 0.3) is 0 Å². The SMILES string of the molecule is CCNC(=NCCCC(C)C)NC1CC=CC1.I. The van der Waals surface area contributed by atoms with Gasteiger partial charge in [-0.05, 0) is 38.5 Å². The summed E-state index contributed by atoms with van der Waals surface area (Å²) in [5, 5.41) is 6.79. The maximum absolute atomic E-state index is 4.62. The number of nitrogens with zero attached hydrogens (tertiary/aromatic N) is 1. The molecule has 1 aliphatic rings. The fourth-order valence-electron chi connectivity index (χ4n) is 1.94. The standard InChI is InChI=1S/C14H27N3.HI/c1-4-15-14(16-11-7-8-12(2)3)17-13-9-5-6-10-13;/h5-6,12-13H,4,7-11H2,1-3H3,(H2,15,16,17);1H. The molecule has 1 aliphatic carbocycles. The Morgan fingerprint density at radius 3 is 2.56 bits per heavy atom. The Bertz CT molecular complexity index is 254. The molecule has 0 saturated heterocycles. The van der Waals surface area contributed by atoms with E-state index >= 15 is 0 Å². The number of aliphatic imine (C=N–C) groups is 1. The first kappa shape index (κ1) is 17.7. The van der Waals surface area contributed by atoms with E-state index in [2.05, 4.69) is 48.5 Å². The average molecular weight is 365 g/mol. The number of nitrogens with one attached hydrogen (secondary N) is 2. The first-order valence-electron chi connectivity index (χ1n) is 6.92. The predicted octanol–water partition coefficient (Wildman–Crippen LogP) is 3.31. The van der Waals surface area contributed by atoms with Crippen LogP contribution >= 0.6 is 24.0 Å². The lowest BCUT2D eigenvalue weighted by molar-refractivity contribution is 0.559. The van der Waals surface area contributed by atoms with Crippen LogP contribution in [0.5, 0.6) is 0 Å². The van der Waals surface area contributed by atoms with Gasteiger partial charge in [0.25, 0.3) is 0 Å². The van der Waals surface area contributed by atoms with E-state index in [0.29, 0.717) is 6.04 Å². The van der Waals surface area contributed by atoms with Crippen LogP contribution < -0.4 is 10.6 Å². The first-order chi connectivity index (χ1) is 8.22. The van der Waals surface area contributed by atoms with Crippen LogP contribution in [0.1, 0.15) is 46.5 Å². The molecule has 2 N–H and O–H groups in total. The van der Waals surface area contributed by atoms with Gasteiger partial charge in [0.1, 0.15) is 0 Å². The number of hydrogen-bond acceptors (Lipinski definition) is 1. The van der Waals surface area contributed by atoms with E-state index < -0.39 is 0 Å². The third-order valence-electron chi connectivity index (χ3n) is 2.90. The van der Waals surface area contributed by atoms with Crippen molar-refractivity contribution in [3.63, 3.8) is 0 Å². The zero-order valence-corrected chi connectivity index (χ0v) is 14.2. The molecule has 0 aromatic carbocycles. The molecule has 0 fully saturated rings. The number of hydrogen-bond donors (Lipinski definition) is 2. The van der Waals surface area contributed by atoms with Gasteiger partial charge >= 0.3 is 0 Å². The van der Waals surface area contributed by atoms with Crippen LogP contribution in [0.2, 0.25) is 0 Å². The van der Waals surface area contributed by atoms with Crippen molar-refractivity contribution in [3.8, 4) is 0 Å². The second-order valence-electron chi connectivity index (χ2n) is 5.08. The van der Waals surface area contributed by atoms with Gasteiger partial charge in [0, 0.05) is 19.1 Å². The molecule has 0 saturated carbocycles. The fraction of sp³-hybridized carbons (Fsp3) is 0.786. The number of halogens is 1. The average Bonchev–Trinajstić information content (AvgIpc) is 2.77. The minimum atomic E-state index is 0. The third kappa shape index (κ3) is 7.95. The van der Waals surface area contributed by atoms with Crippen LogP contribution in [-0.4, -0.2) is 25.1 Å². The van der Waals surface area contributed by atoms with Crippen LogP contribution in [0.15, 0.2) is 17.1 Å². The summed E-state index contributed by atoms with van der Waals surface area (Å²) in [5.74, 6) is 1.75. The van der Waals surface area contributed by atoms with Crippen molar-refractivity contribution >= 4 is 29.9 Å². The number of guanidine groups is 1. The van der Waals surface area contributed by atoms with Crippen molar-refractivity contribution in [1.29, 1.82) is 0 Å². The van der Waals surface area contributed by atoms with Crippen LogP contribution in [0.3, 0.4) is 0 Å². The minimum Gasteiger partial charge on any atom is -0.357 e. The van der Waals surface area contributed by atoms with Crippen molar-refractivity contribution in [2.75, 3.05) is 13.1 Å². The molecule has 106 valence electrons. The molecule has 0 aromatic rings. The second kappa shape index (κ2) is 10.6. The lowest BCUT2D eigenvalue weighted by atomic mass is 10.1. The highest BCUT2D eigenvalue weighted by Gasteiger charge is 2.11. The molecular formula is C14H28IN3. The molecule has 4 heteroatoms. The fourth-order valence-corrected chi connectivity index (χ4v) is 1.94. The Balaban J connectivity index is 0.00000289. The van der Waals surface area contributed by atoms with Crippen LogP contribution in [0, 0.1) is 5.92 Å². The molecule has 3 nitrogen and oxygen atoms in total. The monoisotopic (exact) mass is 365 g/mol.